The second-order valence-corrected chi connectivity index (χ2v) is 4.98. The Balaban J connectivity index is 2.05. The lowest BCUT2D eigenvalue weighted by atomic mass is 10.1. The van der Waals surface area contributed by atoms with Gasteiger partial charge in [-0.2, -0.15) is 0 Å². The third-order valence-electron chi connectivity index (χ3n) is 3.33. The second-order valence-electron chi connectivity index (χ2n) is 4.98. The van der Waals surface area contributed by atoms with E-state index in [4.69, 9.17) is 9.47 Å². The van der Waals surface area contributed by atoms with Gasteiger partial charge in [-0.3, -0.25) is 0 Å². The molecule has 0 radical (unpaired) electrons. The fourth-order valence-electron chi connectivity index (χ4n) is 1.86. The van der Waals surface area contributed by atoms with E-state index < -0.39 is 6.10 Å². The summed E-state index contributed by atoms with van der Waals surface area (Å²) in [6.07, 6.45) is 2.77. The minimum atomic E-state index is -0.436. The van der Waals surface area contributed by atoms with E-state index in [1.54, 1.807) is 7.11 Å². The summed E-state index contributed by atoms with van der Waals surface area (Å²) in [6, 6.07) is 6.53. The van der Waals surface area contributed by atoms with E-state index in [1.165, 1.54) is 12.8 Å². The quantitative estimate of drug-likeness (QED) is 0.756. The molecule has 1 aliphatic carbocycles. The van der Waals surface area contributed by atoms with Gasteiger partial charge in [-0.25, -0.2) is 0 Å². The highest BCUT2D eigenvalue weighted by atomic mass is 16.5. The molecule has 2 rings (SSSR count). The third-order valence-corrected chi connectivity index (χ3v) is 3.33. The van der Waals surface area contributed by atoms with Crippen LogP contribution in [0, 0.1) is 0 Å². The van der Waals surface area contributed by atoms with Crippen LogP contribution in [0.15, 0.2) is 18.2 Å². The molecule has 4 nitrogen and oxygen atoms in total. The first-order chi connectivity index (χ1) is 9.24. The SMILES string of the molecule is CCC(O)COc1c(CNC2CC2)cccc1OC. The molecule has 0 saturated heterocycles. The molecular weight excluding hydrogens is 242 g/mol. The van der Waals surface area contributed by atoms with Crippen LogP contribution in [0.2, 0.25) is 0 Å². The molecule has 106 valence electrons. The van der Waals surface area contributed by atoms with Crippen molar-refractivity contribution >= 4 is 0 Å². The van der Waals surface area contributed by atoms with Gasteiger partial charge < -0.3 is 19.9 Å². The lowest BCUT2D eigenvalue weighted by Crippen LogP contribution is -2.19. The van der Waals surface area contributed by atoms with Crippen molar-refractivity contribution in [2.24, 2.45) is 0 Å². The molecule has 4 heteroatoms. The van der Waals surface area contributed by atoms with E-state index in [1.807, 2.05) is 25.1 Å². The molecule has 19 heavy (non-hydrogen) atoms. The van der Waals surface area contributed by atoms with Crippen LogP contribution in [0.4, 0.5) is 0 Å². The largest absolute Gasteiger partial charge is 0.493 e. The van der Waals surface area contributed by atoms with Gasteiger partial charge in [-0.15, -0.1) is 0 Å². The van der Waals surface area contributed by atoms with E-state index in [9.17, 15) is 5.11 Å². The maximum atomic E-state index is 9.62. The summed E-state index contributed by atoms with van der Waals surface area (Å²) in [5, 5.41) is 13.1. The molecule has 1 aromatic carbocycles. The highest BCUT2D eigenvalue weighted by Gasteiger charge is 2.21. The number of methoxy groups -OCH3 is 1. The summed E-state index contributed by atoms with van der Waals surface area (Å²) in [5.74, 6) is 1.46. The van der Waals surface area contributed by atoms with Crippen molar-refractivity contribution in [3.05, 3.63) is 23.8 Å². The molecule has 0 aliphatic heterocycles. The molecule has 0 amide bonds. The number of rotatable bonds is 8. The van der Waals surface area contributed by atoms with Crippen LogP contribution in [-0.4, -0.2) is 31.0 Å². The Hall–Kier alpha value is -1.26. The van der Waals surface area contributed by atoms with Crippen molar-refractivity contribution in [3.63, 3.8) is 0 Å². The number of aliphatic hydroxyl groups is 1. The Morgan fingerprint density at radius 3 is 2.84 bits per heavy atom. The summed E-state index contributed by atoms with van der Waals surface area (Å²) in [5.41, 5.74) is 1.08. The van der Waals surface area contributed by atoms with Gasteiger partial charge in [0.1, 0.15) is 6.61 Å². The zero-order valence-electron chi connectivity index (χ0n) is 11.7. The number of hydrogen-bond acceptors (Lipinski definition) is 4. The lowest BCUT2D eigenvalue weighted by molar-refractivity contribution is 0.102. The van der Waals surface area contributed by atoms with Gasteiger partial charge in [0.05, 0.1) is 13.2 Å². The van der Waals surface area contributed by atoms with Crippen LogP contribution in [0.1, 0.15) is 31.7 Å². The fourth-order valence-corrected chi connectivity index (χ4v) is 1.86. The van der Waals surface area contributed by atoms with E-state index in [0.717, 1.165) is 23.6 Å². The molecule has 0 spiro atoms. The predicted octanol–water partition coefficient (Wildman–Crippen LogP) is 2.10. The van der Waals surface area contributed by atoms with Crippen molar-refractivity contribution in [2.75, 3.05) is 13.7 Å². The maximum absolute atomic E-state index is 9.62. The maximum Gasteiger partial charge on any atom is 0.165 e. The van der Waals surface area contributed by atoms with Crippen molar-refractivity contribution in [1.82, 2.24) is 5.32 Å². The number of ether oxygens (including phenoxy) is 2. The minimum absolute atomic E-state index is 0.299. The molecule has 1 aliphatic rings. The van der Waals surface area contributed by atoms with E-state index in [-0.39, 0.29) is 0 Å². The molecule has 2 N–H and O–H groups in total. The minimum Gasteiger partial charge on any atom is -0.493 e. The molecule has 0 bridgehead atoms. The lowest BCUT2D eigenvalue weighted by Gasteiger charge is -2.17. The highest BCUT2D eigenvalue weighted by Crippen LogP contribution is 2.32. The first-order valence-electron chi connectivity index (χ1n) is 6.94. The van der Waals surface area contributed by atoms with E-state index in [0.29, 0.717) is 19.1 Å². The molecule has 0 heterocycles. The smallest absolute Gasteiger partial charge is 0.165 e. The number of hydrogen-bond donors (Lipinski definition) is 2. The van der Waals surface area contributed by atoms with Crippen molar-refractivity contribution in [3.8, 4) is 11.5 Å². The first kappa shape index (κ1) is 14.2. The van der Waals surface area contributed by atoms with Crippen LogP contribution >= 0.6 is 0 Å². The van der Waals surface area contributed by atoms with E-state index >= 15 is 0 Å². The average Bonchev–Trinajstić information content (AvgIpc) is 3.26. The van der Waals surface area contributed by atoms with Crippen LogP contribution in [0.3, 0.4) is 0 Å². The topological polar surface area (TPSA) is 50.7 Å². The molecule has 1 saturated carbocycles. The zero-order valence-corrected chi connectivity index (χ0v) is 11.7. The molecular formula is C15H23NO3. The normalized spacial score (nSPS) is 16.2. The van der Waals surface area contributed by atoms with Crippen LogP contribution in [0.25, 0.3) is 0 Å². The summed E-state index contributed by atoms with van der Waals surface area (Å²) in [4.78, 5) is 0. The van der Waals surface area contributed by atoms with Gasteiger partial charge in [0.25, 0.3) is 0 Å². The number of nitrogens with one attached hydrogen (secondary N) is 1. The number of para-hydroxylation sites is 1. The van der Waals surface area contributed by atoms with Crippen LogP contribution < -0.4 is 14.8 Å². The summed E-state index contributed by atoms with van der Waals surface area (Å²) in [6.45, 7) is 3.01. The zero-order chi connectivity index (χ0) is 13.7. The van der Waals surface area contributed by atoms with Crippen LogP contribution in [0.5, 0.6) is 11.5 Å². The molecule has 1 atom stereocenters. The van der Waals surface area contributed by atoms with Gasteiger partial charge in [-0.05, 0) is 25.3 Å². The Morgan fingerprint density at radius 2 is 2.21 bits per heavy atom. The number of aliphatic hydroxyl groups excluding tert-OH is 1. The average molecular weight is 265 g/mol. The fraction of sp³-hybridized carbons (Fsp3) is 0.600. The molecule has 0 aromatic heterocycles. The Kier molecular flexibility index (Phi) is 5.05. The number of benzene rings is 1. The van der Waals surface area contributed by atoms with Gasteiger partial charge >= 0.3 is 0 Å². The van der Waals surface area contributed by atoms with Gasteiger partial charge in [0.2, 0.25) is 0 Å². The Morgan fingerprint density at radius 1 is 1.42 bits per heavy atom. The van der Waals surface area contributed by atoms with Crippen molar-refractivity contribution in [2.45, 2.75) is 44.9 Å². The predicted molar refractivity (Wildman–Crippen MR) is 74.6 cm³/mol. The molecule has 1 fully saturated rings. The van der Waals surface area contributed by atoms with E-state index in [2.05, 4.69) is 5.32 Å². The summed E-state index contributed by atoms with van der Waals surface area (Å²) >= 11 is 0. The monoisotopic (exact) mass is 265 g/mol. The summed E-state index contributed by atoms with van der Waals surface area (Å²) in [7, 11) is 1.64. The Labute approximate surface area is 114 Å². The molecule has 1 aromatic rings. The van der Waals surface area contributed by atoms with Crippen molar-refractivity contribution in [1.29, 1.82) is 0 Å². The third kappa shape index (κ3) is 4.11. The standard InChI is InChI=1S/C15H23NO3/c1-3-13(17)10-19-15-11(9-16-12-7-8-12)5-4-6-14(15)18-2/h4-6,12-13,16-17H,3,7-10H2,1-2H3. The van der Waals surface area contributed by atoms with Gasteiger partial charge in [-0.1, -0.05) is 19.1 Å². The summed E-state index contributed by atoms with van der Waals surface area (Å²) < 4.78 is 11.1. The van der Waals surface area contributed by atoms with Gasteiger partial charge in [0.15, 0.2) is 11.5 Å². The second kappa shape index (κ2) is 6.78. The molecule has 1 unspecified atom stereocenters. The Bertz CT molecular complexity index is 404. The highest BCUT2D eigenvalue weighted by molar-refractivity contribution is 5.46. The first-order valence-corrected chi connectivity index (χ1v) is 6.94. The van der Waals surface area contributed by atoms with Crippen LogP contribution in [-0.2, 0) is 6.54 Å². The van der Waals surface area contributed by atoms with Gasteiger partial charge in [0, 0.05) is 18.2 Å². The van der Waals surface area contributed by atoms with Crippen molar-refractivity contribution < 1.29 is 14.6 Å².